The Balaban J connectivity index is 1.31. The first-order valence-corrected chi connectivity index (χ1v) is 15.9. The van der Waals surface area contributed by atoms with E-state index in [0.29, 0.717) is 56.2 Å². The van der Waals surface area contributed by atoms with Gasteiger partial charge in [0.15, 0.2) is 5.75 Å². The highest BCUT2D eigenvalue weighted by molar-refractivity contribution is 5.68. The Morgan fingerprint density at radius 2 is 1.73 bits per heavy atom. The van der Waals surface area contributed by atoms with Crippen molar-refractivity contribution in [3.63, 3.8) is 0 Å². The van der Waals surface area contributed by atoms with Crippen molar-refractivity contribution >= 4 is 18.1 Å². The molecule has 2 aromatic rings. The van der Waals surface area contributed by atoms with Crippen LogP contribution in [0.15, 0.2) is 30.6 Å². The number of carbonyl (C=O) groups excluding carboxylic acids is 2. The van der Waals surface area contributed by atoms with Gasteiger partial charge < -0.3 is 29.3 Å². The highest BCUT2D eigenvalue weighted by Gasteiger charge is 2.35. The molecule has 2 aliphatic heterocycles. The van der Waals surface area contributed by atoms with Gasteiger partial charge in [-0.05, 0) is 95.9 Å². The summed E-state index contributed by atoms with van der Waals surface area (Å²) in [5, 5.41) is 2.86. The number of likely N-dealkylation sites (tertiary alicyclic amines) is 1. The van der Waals surface area contributed by atoms with Gasteiger partial charge in [-0.15, -0.1) is 0 Å². The van der Waals surface area contributed by atoms with Crippen LogP contribution < -0.4 is 15.0 Å². The van der Waals surface area contributed by atoms with Crippen LogP contribution in [-0.4, -0.2) is 77.6 Å². The van der Waals surface area contributed by atoms with Crippen molar-refractivity contribution < 1.29 is 32.6 Å². The summed E-state index contributed by atoms with van der Waals surface area (Å²) in [6.07, 6.45) is 5.46. The van der Waals surface area contributed by atoms with E-state index in [4.69, 9.17) is 14.2 Å². The molecule has 3 unspecified atom stereocenters. The molecule has 0 radical (unpaired) electrons. The number of benzene rings is 1. The fourth-order valence-electron chi connectivity index (χ4n) is 5.98. The van der Waals surface area contributed by atoms with Gasteiger partial charge in [-0.3, -0.25) is 0 Å². The first kappa shape index (κ1) is 34.2. The molecule has 2 amide bonds. The molecule has 0 saturated carbocycles. The number of amides is 2. The molecule has 1 aromatic heterocycles. The molecule has 0 bridgehead atoms. The summed E-state index contributed by atoms with van der Waals surface area (Å²) < 4.78 is 45.5. The molecule has 2 fully saturated rings. The Labute approximate surface area is 264 Å². The van der Waals surface area contributed by atoms with Crippen LogP contribution in [0.2, 0.25) is 0 Å². The molecule has 1 N–H and O–H groups in total. The van der Waals surface area contributed by atoms with Gasteiger partial charge >= 0.3 is 12.2 Å². The van der Waals surface area contributed by atoms with Crippen LogP contribution in [0.25, 0.3) is 0 Å². The summed E-state index contributed by atoms with van der Waals surface area (Å²) in [6.45, 7) is 13.9. The second kappa shape index (κ2) is 15.1. The maximum atomic E-state index is 14.8. The summed E-state index contributed by atoms with van der Waals surface area (Å²) in [5.41, 5.74) is -0.496. The van der Waals surface area contributed by atoms with Crippen LogP contribution in [0.3, 0.4) is 0 Å². The highest BCUT2D eigenvalue weighted by atomic mass is 19.1. The number of alkyl carbamates (subject to hydrolysis) is 1. The van der Waals surface area contributed by atoms with Gasteiger partial charge in [-0.25, -0.2) is 28.3 Å². The van der Waals surface area contributed by atoms with Gasteiger partial charge in [-0.1, -0.05) is 6.92 Å². The molecule has 12 heteroatoms. The zero-order chi connectivity index (χ0) is 32.7. The average molecular weight is 632 g/mol. The lowest BCUT2D eigenvalue weighted by Crippen LogP contribution is -2.53. The number of anilines is 1. The van der Waals surface area contributed by atoms with Gasteiger partial charge in [0.05, 0.1) is 31.1 Å². The normalized spacial score (nSPS) is 20.1. The van der Waals surface area contributed by atoms with Gasteiger partial charge in [0.1, 0.15) is 17.2 Å². The largest absolute Gasteiger partial charge is 0.490 e. The second-order valence-corrected chi connectivity index (χ2v) is 13.3. The Hall–Kier alpha value is -3.70. The van der Waals surface area contributed by atoms with E-state index in [1.807, 2.05) is 18.7 Å². The number of carbonyl (C=O) groups is 2. The number of aromatic nitrogens is 2. The molecular formula is C33H47F2N5O5. The second-order valence-electron chi connectivity index (χ2n) is 13.3. The monoisotopic (exact) mass is 631 g/mol. The predicted molar refractivity (Wildman–Crippen MR) is 166 cm³/mol. The fraction of sp³-hybridized carbons (Fsp3) is 0.636. The zero-order valence-corrected chi connectivity index (χ0v) is 27.2. The Morgan fingerprint density at radius 3 is 2.38 bits per heavy atom. The highest BCUT2D eigenvalue weighted by Crippen LogP contribution is 2.33. The maximum Gasteiger partial charge on any atom is 0.410 e. The van der Waals surface area contributed by atoms with Gasteiger partial charge in [0, 0.05) is 32.1 Å². The van der Waals surface area contributed by atoms with Crippen LogP contribution in [-0.2, 0) is 9.47 Å². The average Bonchev–Trinajstić information content (AvgIpc) is 2.97. The van der Waals surface area contributed by atoms with Crippen molar-refractivity contribution in [1.82, 2.24) is 20.2 Å². The predicted octanol–water partition coefficient (Wildman–Crippen LogP) is 6.30. The molecule has 0 aliphatic carbocycles. The molecule has 1 aromatic carbocycles. The number of nitrogens with one attached hydrogen (secondary N) is 1. The fourth-order valence-corrected chi connectivity index (χ4v) is 5.98. The number of piperidine rings is 2. The SMILES string of the molecule is CC(C)OC(=O)N1CCC(C(C)CCOc2cnc(N3CCC(c4cc(F)ccc4F)C(NC(=O)OC(C)(C)C)C3)nc2)CC1. The van der Waals surface area contributed by atoms with E-state index < -0.39 is 35.3 Å². The number of halogens is 2. The third kappa shape index (κ3) is 9.89. The lowest BCUT2D eigenvalue weighted by atomic mass is 9.84. The molecule has 10 nitrogen and oxygen atoms in total. The van der Waals surface area contributed by atoms with E-state index in [2.05, 4.69) is 22.2 Å². The smallest absolute Gasteiger partial charge is 0.410 e. The van der Waals surface area contributed by atoms with Crippen molar-refractivity contribution in [3.05, 3.63) is 47.8 Å². The van der Waals surface area contributed by atoms with Crippen molar-refractivity contribution in [2.24, 2.45) is 11.8 Å². The van der Waals surface area contributed by atoms with E-state index in [-0.39, 0.29) is 24.3 Å². The summed E-state index contributed by atoms with van der Waals surface area (Å²) in [7, 11) is 0. The number of rotatable bonds is 9. The molecule has 45 heavy (non-hydrogen) atoms. The van der Waals surface area contributed by atoms with Crippen molar-refractivity contribution in [3.8, 4) is 5.75 Å². The van der Waals surface area contributed by atoms with Crippen LogP contribution in [0, 0.1) is 23.5 Å². The third-order valence-corrected chi connectivity index (χ3v) is 8.35. The molecule has 3 atom stereocenters. The van der Waals surface area contributed by atoms with Crippen LogP contribution in [0.1, 0.15) is 78.7 Å². The Bertz CT molecular complexity index is 1280. The zero-order valence-electron chi connectivity index (χ0n) is 27.2. The standard InChI is InChI=1S/C33H47F2N5O5/c1-21(2)44-32(42)39-13-9-23(10-14-39)22(3)12-16-43-25-18-36-30(37-19-25)40-15-11-26(27-17-24(34)7-8-28(27)35)29(20-40)38-31(41)45-33(4,5)6/h7-8,17-19,21-23,26,29H,9-16,20H2,1-6H3,(H,38,41). The van der Waals surface area contributed by atoms with Crippen molar-refractivity contribution in [2.45, 2.75) is 90.9 Å². The summed E-state index contributed by atoms with van der Waals surface area (Å²) in [6, 6.07) is 2.81. The van der Waals surface area contributed by atoms with Gasteiger partial charge in [-0.2, -0.15) is 0 Å². The van der Waals surface area contributed by atoms with E-state index in [9.17, 15) is 18.4 Å². The Kier molecular flexibility index (Phi) is 11.4. The van der Waals surface area contributed by atoms with E-state index >= 15 is 0 Å². The molecule has 248 valence electrons. The summed E-state index contributed by atoms with van der Waals surface area (Å²) in [4.78, 5) is 37.5. The Morgan fingerprint density at radius 1 is 1.04 bits per heavy atom. The van der Waals surface area contributed by atoms with Gasteiger partial charge in [0.2, 0.25) is 5.95 Å². The number of hydrogen-bond donors (Lipinski definition) is 1. The van der Waals surface area contributed by atoms with Crippen LogP contribution in [0.4, 0.5) is 24.3 Å². The molecule has 0 spiro atoms. The number of ether oxygens (including phenoxy) is 3. The summed E-state index contributed by atoms with van der Waals surface area (Å²) in [5.74, 6) is 0.440. The van der Waals surface area contributed by atoms with E-state index in [1.54, 1.807) is 38.1 Å². The van der Waals surface area contributed by atoms with Crippen molar-refractivity contribution in [1.29, 1.82) is 0 Å². The van der Waals surface area contributed by atoms with Gasteiger partial charge in [0.25, 0.3) is 0 Å². The maximum absolute atomic E-state index is 14.8. The molecule has 4 rings (SSSR count). The lowest BCUT2D eigenvalue weighted by Gasteiger charge is -2.39. The number of nitrogens with zero attached hydrogens (tertiary/aromatic N) is 4. The first-order chi connectivity index (χ1) is 21.3. The van der Waals surface area contributed by atoms with E-state index in [0.717, 1.165) is 31.4 Å². The number of hydrogen-bond acceptors (Lipinski definition) is 8. The molecule has 2 saturated heterocycles. The van der Waals surface area contributed by atoms with E-state index in [1.165, 1.54) is 6.07 Å². The topological polar surface area (TPSA) is 106 Å². The quantitative estimate of drug-likeness (QED) is 0.344. The molecular weight excluding hydrogens is 584 g/mol. The minimum absolute atomic E-state index is 0.118. The molecule has 2 aliphatic rings. The lowest BCUT2D eigenvalue weighted by molar-refractivity contribution is 0.0491. The van der Waals surface area contributed by atoms with Crippen molar-refractivity contribution in [2.75, 3.05) is 37.7 Å². The molecule has 3 heterocycles. The van der Waals surface area contributed by atoms with Crippen LogP contribution >= 0.6 is 0 Å². The summed E-state index contributed by atoms with van der Waals surface area (Å²) >= 11 is 0. The third-order valence-electron chi connectivity index (χ3n) is 8.35. The minimum Gasteiger partial charge on any atom is -0.490 e. The minimum atomic E-state index is -0.713. The van der Waals surface area contributed by atoms with Crippen LogP contribution in [0.5, 0.6) is 5.75 Å². The first-order valence-electron chi connectivity index (χ1n) is 15.9.